The third-order valence-electron chi connectivity index (χ3n) is 4.06. The Bertz CT molecular complexity index is 511. The largest absolute Gasteiger partial charge is 0.458 e. The van der Waals surface area contributed by atoms with E-state index in [1.54, 1.807) is 11.3 Å². The Labute approximate surface area is 117 Å². The van der Waals surface area contributed by atoms with E-state index in [-0.39, 0.29) is 17.5 Å². The first-order valence-corrected chi connectivity index (χ1v) is 7.56. The second-order valence-corrected chi connectivity index (χ2v) is 7.18. The van der Waals surface area contributed by atoms with E-state index < -0.39 is 5.60 Å². The minimum atomic E-state index is -0.417. The predicted molar refractivity (Wildman–Crippen MR) is 72.3 cm³/mol. The number of carbonyl (C=O) groups is 1. The van der Waals surface area contributed by atoms with Gasteiger partial charge in [-0.05, 0) is 20.8 Å². The third kappa shape index (κ3) is 2.30. The summed E-state index contributed by atoms with van der Waals surface area (Å²) in [5.41, 5.74) is 0.344. The van der Waals surface area contributed by atoms with E-state index in [2.05, 4.69) is 24.2 Å². The van der Waals surface area contributed by atoms with Gasteiger partial charge in [-0.2, -0.15) is 0 Å². The Morgan fingerprint density at radius 2 is 2.26 bits per heavy atom. The number of hydrogen-bond donors (Lipinski definition) is 0. The second-order valence-electron chi connectivity index (χ2n) is 6.12. The van der Waals surface area contributed by atoms with E-state index in [4.69, 9.17) is 9.47 Å². The molecule has 2 aliphatic heterocycles. The van der Waals surface area contributed by atoms with Gasteiger partial charge >= 0.3 is 5.97 Å². The van der Waals surface area contributed by atoms with Gasteiger partial charge in [0.2, 0.25) is 0 Å². The summed E-state index contributed by atoms with van der Waals surface area (Å²) in [6.45, 7) is 6.75. The molecule has 3 heterocycles. The summed E-state index contributed by atoms with van der Waals surface area (Å²) < 4.78 is 11.5. The van der Waals surface area contributed by atoms with Crippen LogP contribution in [0.2, 0.25) is 0 Å². The van der Waals surface area contributed by atoms with Crippen molar-refractivity contribution >= 4 is 17.3 Å². The number of thiazole rings is 1. The summed E-state index contributed by atoms with van der Waals surface area (Å²) in [6.07, 6.45) is 1.95. The molecule has 1 spiro atoms. The van der Waals surface area contributed by atoms with Gasteiger partial charge in [0.05, 0.1) is 35.2 Å². The van der Waals surface area contributed by atoms with Crippen LogP contribution in [0.1, 0.15) is 49.7 Å². The Morgan fingerprint density at radius 1 is 1.47 bits per heavy atom. The first-order chi connectivity index (χ1) is 8.90. The monoisotopic (exact) mass is 281 g/mol. The molecule has 2 saturated heterocycles. The van der Waals surface area contributed by atoms with Crippen molar-refractivity contribution in [1.82, 2.24) is 4.98 Å². The summed E-state index contributed by atoms with van der Waals surface area (Å²) in [4.78, 5) is 16.4. The summed E-state index contributed by atoms with van der Waals surface area (Å²) >= 11 is 1.63. The molecule has 5 heteroatoms. The molecule has 19 heavy (non-hydrogen) atoms. The van der Waals surface area contributed by atoms with Gasteiger partial charge in [-0.1, -0.05) is 0 Å². The molecule has 4 nitrogen and oxygen atoms in total. The van der Waals surface area contributed by atoms with E-state index in [9.17, 15) is 4.79 Å². The fraction of sp³-hybridized carbons (Fsp3) is 0.714. The van der Waals surface area contributed by atoms with Gasteiger partial charge in [0.15, 0.2) is 0 Å². The fourth-order valence-corrected chi connectivity index (χ4v) is 4.02. The zero-order valence-electron chi connectivity index (χ0n) is 11.6. The molecule has 0 aliphatic carbocycles. The number of nitrogens with zero attached hydrogens (tertiary/aromatic N) is 1. The van der Waals surface area contributed by atoms with Crippen LogP contribution in [0.5, 0.6) is 0 Å². The molecule has 1 aromatic heterocycles. The summed E-state index contributed by atoms with van der Waals surface area (Å²) in [6, 6.07) is 0. The summed E-state index contributed by atoms with van der Waals surface area (Å²) in [5, 5.41) is 3.10. The molecule has 0 N–H and O–H groups in total. The Hall–Kier alpha value is -0.940. The van der Waals surface area contributed by atoms with E-state index in [1.807, 2.05) is 6.92 Å². The van der Waals surface area contributed by atoms with Crippen LogP contribution in [0.3, 0.4) is 0 Å². The molecule has 0 unspecified atom stereocenters. The third-order valence-corrected chi connectivity index (χ3v) is 4.85. The van der Waals surface area contributed by atoms with Crippen molar-refractivity contribution in [2.75, 3.05) is 6.61 Å². The highest BCUT2D eigenvalue weighted by Gasteiger charge is 2.55. The maximum absolute atomic E-state index is 11.8. The zero-order valence-corrected chi connectivity index (χ0v) is 12.4. The molecular formula is C14H19NO3S. The highest BCUT2D eigenvalue weighted by molar-refractivity contribution is 7.09. The topological polar surface area (TPSA) is 48.4 Å². The lowest BCUT2D eigenvalue weighted by atomic mass is 9.74. The molecular weight excluding hydrogens is 262 g/mol. The molecule has 0 bridgehead atoms. The van der Waals surface area contributed by atoms with Crippen LogP contribution in [-0.2, 0) is 14.3 Å². The maximum Gasteiger partial charge on any atom is 0.307 e. The number of aromatic nitrogens is 1. The minimum Gasteiger partial charge on any atom is -0.458 e. The number of ether oxygens (including phenoxy) is 2. The van der Waals surface area contributed by atoms with E-state index in [0.717, 1.165) is 23.5 Å². The van der Waals surface area contributed by atoms with Crippen LogP contribution in [0.15, 0.2) is 5.38 Å². The highest BCUT2D eigenvalue weighted by atomic mass is 32.1. The fourth-order valence-electron chi connectivity index (χ4n) is 3.35. The van der Waals surface area contributed by atoms with Gasteiger partial charge in [0.1, 0.15) is 5.60 Å². The number of aryl methyl sites for hydroxylation is 1. The smallest absolute Gasteiger partial charge is 0.307 e. The van der Waals surface area contributed by atoms with Crippen LogP contribution in [0.25, 0.3) is 0 Å². The number of esters is 1. The van der Waals surface area contributed by atoms with Crippen molar-refractivity contribution in [3.8, 4) is 0 Å². The Kier molecular flexibility index (Phi) is 2.94. The molecule has 0 amide bonds. The second kappa shape index (κ2) is 4.28. The Balaban J connectivity index is 1.96. The molecule has 2 aliphatic rings. The molecule has 104 valence electrons. The highest BCUT2D eigenvalue weighted by Crippen LogP contribution is 2.50. The van der Waals surface area contributed by atoms with Crippen molar-refractivity contribution in [2.24, 2.45) is 0 Å². The van der Waals surface area contributed by atoms with Crippen molar-refractivity contribution in [3.63, 3.8) is 0 Å². The number of rotatable bonds is 1. The number of hydrogen-bond acceptors (Lipinski definition) is 5. The quantitative estimate of drug-likeness (QED) is 0.743. The first kappa shape index (κ1) is 13.1. The van der Waals surface area contributed by atoms with Gasteiger partial charge < -0.3 is 9.47 Å². The molecule has 0 radical (unpaired) electrons. The molecule has 1 aromatic rings. The molecule has 2 atom stereocenters. The summed E-state index contributed by atoms with van der Waals surface area (Å²) in [5.74, 6) is -0.0264. The lowest BCUT2D eigenvalue weighted by Crippen LogP contribution is -2.48. The van der Waals surface area contributed by atoms with E-state index in [0.29, 0.717) is 13.0 Å². The normalized spacial score (nSPS) is 33.6. The van der Waals surface area contributed by atoms with Crippen molar-refractivity contribution < 1.29 is 14.3 Å². The van der Waals surface area contributed by atoms with Crippen LogP contribution in [0.4, 0.5) is 0 Å². The average Bonchev–Trinajstić information content (AvgIpc) is 2.82. The van der Waals surface area contributed by atoms with Crippen molar-refractivity contribution in [3.05, 3.63) is 16.1 Å². The van der Waals surface area contributed by atoms with E-state index in [1.165, 1.54) is 0 Å². The maximum atomic E-state index is 11.8. The van der Waals surface area contributed by atoms with Gasteiger partial charge in [0, 0.05) is 18.2 Å². The molecule has 0 saturated carbocycles. The zero-order chi connectivity index (χ0) is 13.7. The van der Waals surface area contributed by atoms with Gasteiger partial charge in [-0.3, -0.25) is 4.79 Å². The SMILES string of the molecule is Cc1nc([C@H]2CC(=O)O[C@]23CCOC(C)(C)C3)cs1. The first-order valence-electron chi connectivity index (χ1n) is 6.68. The van der Waals surface area contributed by atoms with Crippen LogP contribution in [-0.4, -0.2) is 28.8 Å². The lowest BCUT2D eigenvalue weighted by molar-refractivity contribution is -0.174. The van der Waals surface area contributed by atoms with Crippen LogP contribution < -0.4 is 0 Å². The van der Waals surface area contributed by atoms with Crippen molar-refractivity contribution in [2.45, 2.75) is 57.2 Å². The van der Waals surface area contributed by atoms with Crippen molar-refractivity contribution in [1.29, 1.82) is 0 Å². The summed E-state index contributed by atoms with van der Waals surface area (Å²) in [7, 11) is 0. The lowest BCUT2D eigenvalue weighted by Gasteiger charge is -2.43. The minimum absolute atomic E-state index is 0.0770. The van der Waals surface area contributed by atoms with Gasteiger partial charge in [0.25, 0.3) is 0 Å². The molecule has 0 aromatic carbocycles. The van der Waals surface area contributed by atoms with Crippen LogP contribution >= 0.6 is 11.3 Å². The standard InChI is InChI=1S/C14H19NO3S/c1-9-15-11(7-19-9)10-6-12(16)18-14(10)4-5-17-13(2,3)8-14/h7,10H,4-6,8H2,1-3H3/t10-,14+/m1/s1. The number of carbonyl (C=O) groups excluding carboxylic acids is 1. The molecule has 2 fully saturated rings. The Morgan fingerprint density at radius 3 is 2.89 bits per heavy atom. The predicted octanol–water partition coefficient (Wildman–Crippen LogP) is 2.81. The molecule has 3 rings (SSSR count). The average molecular weight is 281 g/mol. The van der Waals surface area contributed by atoms with Crippen LogP contribution in [0, 0.1) is 6.92 Å². The van der Waals surface area contributed by atoms with Gasteiger partial charge in [-0.15, -0.1) is 11.3 Å². The van der Waals surface area contributed by atoms with Gasteiger partial charge in [-0.25, -0.2) is 4.98 Å². The van der Waals surface area contributed by atoms with E-state index >= 15 is 0 Å².